The lowest BCUT2D eigenvalue weighted by atomic mass is 10.4. The molecule has 0 bridgehead atoms. The van der Waals surface area contributed by atoms with Gasteiger partial charge in [0.15, 0.2) is 11.6 Å². The highest BCUT2D eigenvalue weighted by atomic mass is 16.5. The van der Waals surface area contributed by atoms with Gasteiger partial charge in [0.2, 0.25) is 0 Å². The Bertz CT molecular complexity index is 267. The molecule has 0 N–H and O–H groups in total. The zero-order chi connectivity index (χ0) is 11.0. The van der Waals surface area contributed by atoms with Crippen molar-refractivity contribution in [1.29, 1.82) is 0 Å². The molecule has 0 aliphatic rings. The molecule has 14 heavy (non-hydrogen) atoms. The van der Waals surface area contributed by atoms with Crippen molar-refractivity contribution in [3.8, 4) is 0 Å². The SMILES string of the molecule is C=C(OCC)c1ncc(C)cn1.CC. The van der Waals surface area contributed by atoms with Crippen LogP contribution >= 0.6 is 0 Å². The van der Waals surface area contributed by atoms with E-state index in [0.29, 0.717) is 18.2 Å². The zero-order valence-corrected chi connectivity index (χ0v) is 9.37. The molecule has 0 unspecified atom stereocenters. The summed E-state index contributed by atoms with van der Waals surface area (Å²) in [5, 5.41) is 0. The Morgan fingerprint density at radius 1 is 1.36 bits per heavy atom. The molecule has 0 saturated heterocycles. The molecule has 0 radical (unpaired) electrons. The first kappa shape index (κ1) is 12.6. The van der Waals surface area contributed by atoms with Gasteiger partial charge in [-0.15, -0.1) is 0 Å². The van der Waals surface area contributed by atoms with E-state index in [1.165, 1.54) is 0 Å². The van der Waals surface area contributed by atoms with Gasteiger partial charge in [-0.1, -0.05) is 20.4 Å². The fourth-order valence-corrected chi connectivity index (χ4v) is 0.775. The van der Waals surface area contributed by atoms with Crippen molar-refractivity contribution in [2.45, 2.75) is 27.7 Å². The minimum absolute atomic E-state index is 0.525. The summed E-state index contributed by atoms with van der Waals surface area (Å²) in [4.78, 5) is 8.12. The first-order valence-corrected chi connectivity index (χ1v) is 4.84. The predicted octanol–water partition coefficient (Wildman–Crippen LogP) is 2.82. The Balaban J connectivity index is 0.000000791. The molecule has 0 atom stereocenters. The van der Waals surface area contributed by atoms with E-state index in [1.807, 2.05) is 27.7 Å². The Labute approximate surface area is 85.9 Å². The molecule has 0 fully saturated rings. The molecule has 1 heterocycles. The van der Waals surface area contributed by atoms with E-state index >= 15 is 0 Å². The van der Waals surface area contributed by atoms with Crippen molar-refractivity contribution >= 4 is 5.76 Å². The summed E-state index contributed by atoms with van der Waals surface area (Å²) in [7, 11) is 0. The number of nitrogens with zero attached hydrogens (tertiary/aromatic N) is 2. The van der Waals surface area contributed by atoms with E-state index in [9.17, 15) is 0 Å². The maximum atomic E-state index is 5.15. The monoisotopic (exact) mass is 194 g/mol. The molecule has 78 valence electrons. The third kappa shape index (κ3) is 4.03. The van der Waals surface area contributed by atoms with Gasteiger partial charge < -0.3 is 4.74 Å². The van der Waals surface area contributed by atoms with Gasteiger partial charge in [-0.2, -0.15) is 0 Å². The summed E-state index contributed by atoms with van der Waals surface area (Å²) < 4.78 is 5.15. The van der Waals surface area contributed by atoms with Crippen molar-refractivity contribution in [1.82, 2.24) is 9.97 Å². The van der Waals surface area contributed by atoms with Crippen molar-refractivity contribution in [2.75, 3.05) is 6.61 Å². The van der Waals surface area contributed by atoms with Crippen LogP contribution in [0.2, 0.25) is 0 Å². The molecule has 3 nitrogen and oxygen atoms in total. The van der Waals surface area contributed by atoms with Gasteiger partial charge in [0.25, 0.3) is 0 Å². The van der Waals surface area contributed by atoms with E-state index in [-0.39, 0.29) is 0 Å². The summed E-state index contributed by atoms with van der Waals surface area (Å²) in [5.74, 6) is 1.08. The standard InChI is InChI=1S/C9H12N2O.C2H6/c1-4-12-8(3)9-10-5-7(2)6-11-9;1-2/h5-6H,3-4H2,1-2H3;1-2H3. The zero-order valence-electron chi connectivity index (χ0n) is 9.37. The van der Waals surface area contributed by atoms with Crippen LogP contribution < -0.4 is 0 Å². The van der Waals surface area contributed by atoms with Crippen LogP contribution in [0, 0.1) is 6.92 Å². The van der Waals surface area contributed by atoms with Crippen molar-refractivity contribution in [3.63, 3.8) is 0 Å². The average molecular weight is 194 g/mol. The topological polar surface area (TPSA) is 35.0 Å². The largest absolute Gasteiger partial charge is 0.491 e. The second-order valence-corrected chi connectivity index (χ2v) is 2.44. The van der Waals surface area contributed by atoms with Gasteiger partial charge in [-0.3, -0.25) is 0 Å². The fraction of sp³-hybridized carbons (Fsp3) is 0.455. The lowest BCUT2D eigenvalue weighted by Crippen LogP contribution is -1.96. The highest BCUT2D eigenvalue weighted by Gasteiger charge is 2.00. The number of rotatable bonds is 3. The number of aromatic nitrogens is 2. The minimum atomic E-state index is 0.525. The summed E-state index contributed by atoms with van der Waals surface area (Å²) in [6.45, 7) is 12.1. The molecule has 0 aliphatic carbocycles. The summed E-state index contributed by atoms with van der Waals surface area (Å²) in [5.41, 5.74) is 1.03. The maximum absolute atomic E-state index is 5.15. The second-order valence-electron chi connectivity index (χ2n) is 2.44. The molecule has 1 aromatic heterocycles. The van der Waals surface area contributed by atoms with Gasteiger partial charge in [0.05, 0.1) is 6.61 Å². The van der Waals surface area contributed by atoms with Gasteiger partial charge in [0, 0.05) is 12.4 Å². The van der Waals surface area contributed by atoms with E-state index in [2.05, 4.69) is 16.5 Å². The molecule has 0 saturated carbocycles. The van der Waals surface area contributed by atoms with E-state index < -0.39 is 0 Å². The molecule has 0 amide bonds. The van der Waals surface area contributed by atoms with Crippen molar-refractivity contribution < 1.29 is 4.74 Å². The summed E-state index contributed by atoms with van der Waals surface area (Å²) in [6.07, 6.45) is 3.49. The van der Waals surface area contributed by atoms with Gasteiger partial charge in [0.1, 0.15) is 0 Å². The smallest absolute Gasteiger partial charge is 0.194 e. The highest BCUT2D eigenvalue weighted by Crippen LogP contribution is 2.06. The summed E-state index contributed by atoms with van der Waals surface area (Å²) >= 11 is 0. The number of ether oxygens (including phenoxy) is 1. The lowest BCUT2D eigenvalue weighted by Gasteiger charge is -2.03. The Hall–Kier alpha value is -1.38. The average Bonchev–Trinajstić information content (AvgIpc) is 2.22. The van der Waals surface area contributed by atoms with Gasteiger partial charge >= 0.3 is 0 Å². The van der Waals surface area contributed by atoms with Crippen LogP contribution in [0.25, 0.3) is 5.76 Å². The lowest BCUT2D eigenvalue weighted by molar-refractivity contribution is 0.296. The maximum Gasteiger partial charge on any atom is 0.194 e. The quantitative estimate of drug-likeness (QED) is 0.694. The van der Waals surface area contributed by atoms with Crippen molar-refractivity contribution in [3.05, 3.63) is 30.4 Å². The Kier molecular flexibility index (Phi) is 6.37. The van der Waals surface area contributed by atoms with Crippen LogP contribution in [-0.2, 0) is 4.74 Å². The van der Waals surface area contributed by atoms with E-state index in [4.69, 9.17) is 4.74 Å². The van der Waals surface area contributed by atoms with Crippen LogP contribution in [0.4, 0.5) is 0 Å². The summed E-state index contributed by atoms with van der Waals surface area (Å²) in [6, 6.07) is 0. The number of aryl methyl sites for hydroxylation is 1. The van der Waals surface area contributed by atoms with Crippen LogP contribution in [0.15, 0.2) is 19.0 Å². The van der Waals surface area contributed by atoms with Crippen LogP contribution in [0.1, 0.15) is 32.2 Å². The van der Waals surface area contributed by atoms with Crippen LogP contribution in [0.5, 0.6) is 0 Å². The van der Waals surface area contributed by atoms with Crippen molar-refractivity contribution in [2.24, 2.45) is 0 Å². The van der Waals surface area contributed by atoms with E-state index in [1.54, 1.807) is 12.4 Å². The third-order valence-corrected chi connectivity index (χ3v) is 1.35. The van der Waals surface area contributed by atoms with Crippen LogP contribution in [0.3, 0.4) is 0 Å². The van der Waals surface area contributed by atoms with Crippen LogP contribution in [-0.4, -0.2) is 16.6 Å². The van der Waals surface area contributed by atoms with E-state index in [0.717, 1.165) is 5.56 Å². The Morgan fingerprint density at radius 2 is 1.86 bits per heavy atom. The minimum Gasteiger partial charge on any atom is -0.491 e. The third-order valence-electron chi connectivity index (χ3n) is 1.35. The second kappa shape index (κ2) is 7.06. The Morgan fingerprint density at radius 3 is 2.29 bits per heavy atom. The fourth-order valence-electron chi connectivity index (χ4n) is 0.775. The number of hydrogen-bond acceptors (Lipinski definition) is 3. The molecule has 3 heteroatoms. The predicted molar refractivity (Wildman–Crippen MR) is 58.8 cm³/mol. The van der Waals surface area contributed by atoms with Gasteiger partial charge in [-0.25, -0.2) is 9.97 Å². The number of hydrogen-bond donors (Lipinski definition) is 0. The molecule has 0 aliphatic heterocycles. The first-order valence-electron chi connectivity index (χ1n) is 4.84. The molecular formula is C11H18N2O. The molecule has 0 aromatic carbocycles. The molecular weight excluding hydrogens is 176 g/mol. The normalized spacial score (nSPS) is 8.57. The molecule has 1 rings (SSSR count). The first-order chi connectivity index (χ1) is 6.74. The molecule has 0 spiro atoms. The highest BCUT2D eigenvalue weighted by molar-refractivity contribution is 5.48. The van der Waals surface area contributed by atoms with Gasteiger partial charge in [-0.05, 0) is 19.4 Å². The molecule has 1 aromatic rings.